The van der Waals surface area contributed by atoms with Crippen LogP contribution in [0.5, 0.6) is 0 Å². The van der Waals surface area contributed by atoms with E-state index < -0.39 is 0 Å². The second-order valence-corrected chi connectivity index (χ2v) is 3.35. The third-order valence-electron chi connectivity index (χ3n) is 1.96. The first-order valence-corrected chi connectivity index (χ1v) is 4.90. The number of thiol groups is 1. The minimum absolute atomic E-state index is 0.116. The van der Waals surface area contributed by atoms with E-state index in [2.05, 4.69) is 12.6 Å². The average molecular weight is 199 g/mol. The first-order chi connectivity index (χ1) is 6.24. The Balaban J connectivity index is 2.50. The Morgan fingerprint density at radius 2 is 2.08 bits per heavy atom. The molecular weight excluding hydrogens is 185 g/mol. The Morgan fingerprint density at radius 1 is 1.38 bits per heavy atom. The van der Waals surface area contributed by atoms with Gasteiger partial charge < -0.3 is 0 Å². The van der Waals surface area contributed by atoms with Gasteiger partial charge in [0.25, 0.3) is 0 Å². The van der Waals surface area contributed by atoms with E-state index in [1.54, 1.807) is 6.07 Å². The molecule has 0 unspecified atom stereocenters. The predicted octanol–water partition coefficient (Wildman–Crippen LogP) is 2.19. The molecule has 0 radical (unpaired) electrons. The molecular formula is C10H14FNS. The molecule has 0 amide bonds. The maximum absolute atomic E-state index is 13.1. The number of hydrogen-bond donors (Lipinski definition) is 1. The molecule has 0 atom stereocenters. The van der Waals surface area contributed by atoms with Crippen LogP contribution in [0.3, 0.4) is 0 Å². The Kier molecular flexibility index (Phi) is 4.25. The van der Waals surface area contributed by atoms with Gasteiger partial charge in [-0.05, 0) is 25.1 Å². The lowest BCUT2D eigenvalue weighted by molar-refractivity contribution is 0.396. The van der Waals surface area contributed by atoms with Crippen LogP contribution in [0.1, 0.15) is 5.56 Å². The maximum atomic E-state index is 13.1. The van der Waals surface area contributed by atoms with E-state index in [-0.39, 0.29) is 5.82 Å². The van der Waals surface area contributed by atoms with Gasteiger partial charge in [-0.1, -0.05) is 18.2 Å². The summed E-state index contributed by atoms with van der Waals surface area (Å²) in [5.74, 6) is 0.587. The lowest BCUT2D eigenvalue weighted by Gasteiger charge is -2.12. The third kappa shape index (κ3) is 3.36. The summed E-state index contributed by atoms with van der Waals surface area (Å²) in [6.45, 7) is 0.838. The standard InChI is InChI=1S/C10H14FNS/c1-12(8-13)7-6-9-4-2-3-5-10(9)11/h2-5,13H,6-8H2,1H3. The number of rotatable bonds is 4. The van der Waals surface area contributed by atoms with Gasteiger partial charge in [-0.25, -0.2) is 4.39 Å². The summed E-state index contributed by atoms with van der Waals surface area (Å²) in [5, 5.41) is 0. The SMILES string of the molecule is CN(CS)CCc1ccccc1F. The molecule has 0 N–H and O–H groups in total. The molecule has 1 rings (SSSR count). The summed E-state index contributed by atoms with van der Waals surface area (Å²) in [6, 6.07) is 6.89. The van der Waals surface area contributed by atoms with E-state index in [9.17, 15) is 4.39 Å². The van der Waals surface area contributed by atoms with Crippen LogP contribution in [0.4, 0.5) is 4.39 Å². The third-order valence-corrected chi connectivity index (χ3v) is 2.44. The zero-order valence-corrected chi connectivity index (χ0v) is 8.60. The molecule has 0 aliphatic heterocycles. The zero-order valence-electron chi connectivity index (χ0n) is 7.70. The highest BCUT2D eigenvalue weighted by atomic mass is 32.1. The Morgan fingerprint density at radius 3 is 2.69 bits per heavy atom. The van der Waals surface area contributed by atoms with Crippen molar-refractivity contribution in [2.45, 2.75) is 6.42 Å². The average Bonchev–Trinajstić information content (AvgIpc) is 2.16. The first kappa shape index (κ1) is 10.5. The molecule has 1 aromatic rings. The molecule has 0 spiro atoms. The summed E-state index contributed by atoms with van der Waals surface area (Å²) < 4.78 is 13.1. The summed E-state index contributed by atoms with van der Waals surface area (Å²) in [4.78, 5) is 2.04. The van der Waals surface area contributed by atoms with Gasteiger partial charge in [0.05, 0.1) is 0 Å². The molecule has 72 valence electrons. The van der Waals surface area contributed by atoms with Crippen LogP contribution >= 0.6 is 12.6 Å². The second kappa shape index (κ2) is 5.25. The molecule has 0 saturated carbocycles. The fourth-order valence-electron chi connectivity index (χ4n) is 1.08. The smallest absolute Gasteiger partial charge is 0.126 e. The fraction of sp³-hybridized carbons (Fsp3) is 0.400. The molecule has 1 aromatic carbocycles. The number of nitrogens with zero attached hydrogens (tertiary/aromatic N) is 1. The lowest BCUT2D eigenvalue weighted by atomic mass is 10.1. The molecule has 0 heterocycles. The van der Waals surface area contributed by atoms with Crippen molar-refractivity contribution in [1.82, 2.24) is 4.90 Å². The van der Waals surface area contributed by atoms with E-state index in [0.717, 1.165) is 18.5 Å². The van der Waals surface area contributed by atoms with Crippen molar-refractivity contribution in [3.8, 4) is 0 Å². The van der Waals surface area contributed by atoms with E-state index in [1.807, 2.05) is 24.1 Å². The number of halogens is 1. The van der Waals surface area contributed by atoms with E-state index >= 15 is 0 Å². The Bertz CT molecular complexity index is 265. The minimum atomic E-state index is -0.116. The van der Waals surface area contributed by atoms with Crippen molar-refractivity contribution >= 4 is 12.6 Å². The van der Waals surface area contributed by atoms with Gasteiger partial charge in [0.15, 0.2) is 0 Å². The highest BCUT2D eigenvalue weighted by Crippen LogP contribution is 2.07. The molecule has 1 nitrogen and oxygen atoms in total. The zero-order chi connectivity index (χ0) is 9.68. The normalized spacial score (nSPS) is 10.8. The van der Waals surface area contributed by atoms with Crippen molar-refractivity contribution < 1.29 is 4.39 Å². The molecule has 0 bridgehead atoms. The predicted molar refractivity (Wildman–Crippen MR) is 56.6 cm³/mol. The highest BCUT2D eigenvalue weighted by Gasteiger charge is 2.01. The van der Waals surface area contributed by atoms with Crippen molar-refractivity contribution in [3.05, 3.63) is 35.6 Å². The van der Waals surface area contributed by atoms with Crippen LogP contribution in [-0.4, -0.2) is 24.4 Å². The van der Waals surface area contributed by atoms with Gasteiger partial charge >= 0.3 is 0 Å². The molecule has 3 heteroatoms. The van der Waals surface area contributed by atoms with Gasteiger partial charge in [-0.2, -0.15) is 12.6 Å². The van der Waals surface area contributed by atoms with Crippen molar-refractivity contribution in [1.29, 1.82) is 0 Å². The molecule has 13 heavy (non-hydrogen) atoms. The number of benzene rings is 1. The van der Waals surface area contributed by atoms with Crippen molar-refractivity contribution in [3.63, 3.8) is 0 Å². The summed E-state index contributed by atoms with van der Waals surface area (Å²) in [5.41, 5.74) is 0.774. The Hall–Kier alpha value is -0.540. The van der Waals surface area contributed by atoms with Gasteiger partial charge in [0.1, 0.15) is 5.82 Å². The summed E-state index contributed by atoms with van der Waals surface area (Å²) in [6.07, 6.45) is 0.740. The van der Waals surface area contributed by atoms with E-state index in [1.165, 1.54) is 6.07 Å². The fourth-order valence-corrected chi connectivity index (χ4v) is 1.22. The summed E-state index contributed by atoms with van der Waals surface area (Å²) >= 11 is 4.12. The largest absolute Gasteiger partial charge is 0.297 e. The van der Waals surface area contributed by atoms with Crippen molar-refractivity contribution in [2.75, 3.05) is 19.5 Å². The van der Waals surface area contributed by atoms with Crippen LogP contribution in [0.2, 0.25) is 0 Å². The summed E-state index contributed by atoms with van der Waals surface area (Å²) in [7, 11) is 1.97. The van der Waals surface area contributed by atoms with Gasteiger partial charge in [0.2, 0.25) is 0 Å². The Labute approximate surface area is 84.0 Å². The highest BCUT2D eigenvalue weighted by molar-refractivity contribution is 7.80. The van der Waals surface area contributed by atoms with Crippen LogP contribution in [0.25, 0.3) is 0 Å². The van der Waals surface area contributed by atoms with Crippen molar-refractivity contribution in [2.24, 2.45) is 0 Å². The molecule has 0 aliphatic carbocycles. The van der Waals surface area contributed by atoms with Crippen LogP contribution < -0.4 is 0 Å². The topological polar surface area (TPSA) is 3.24 Å². The van der Waals surface area contributed by atoms with Crippen LogP contribution in [0.15, 0.2) is 24.3 Å². The minimum Gasteiger partial charge on any atom is -0.297 e. The second-order valence-electron chi connectivity index (χ2n) is 3.06. The molecule has 0 saturated heterocycles. The van der Waals surface area contributed by atoms with Crippen LogP contribution in [-0.2, 0) is 6.42 Å². The maximum Gasteiger partial charge on any atom is 0.126 e. The monoisotopic (exact) mass is 199 g/mol. The quantitative estimate of drug-likeness (QED) is 0.574. The number of hydrogen-bond acceptors (Lipinski definition) is 2. The molecule has 0 fully saturated rings. The van der Waals surface area contributed by atoms with E-state index in [4.69, 9.17) is 0 Å². The molecule has 0 aromatic heterocycles. The number of likely N-dealkylation sites (N-methyl/N-ethyl adjacent to an activating group) is 1. The van der Waals surface area contributed by atoms with Gasteiger partial charge in [-0.15, -0.1) is 0 Å². The molecule has 0 aliphatic rings. The van der Waals surface area contributed by atoms with Crippen LogP contribution in [0, 0.1) is 5.82 Å². The van der Waals surface area contributed by atoms with Gasteiger partial charge in [0, 0.05) is 12.4 Å². The van der Waals surface area contributed by atoms with Gasteiger partial charge in [-0.3, -0.25) is 4.90 Å². The van der Waals surface area contributed by atoms with E-state index in [0.29, 0.717) is 5.88 Å². The first-order valence-electron chi connectivity index (χ1n) is 4.27. The lowest BCUT2D eigenvalue weighted by Crippen LogP contribution is -2.19.